The third-order valence-corrected chi connectivity index (χ3v) is 2.24. The van der Waals surface area contributed by atoms with Crippen LogP contribution >= 0.6 is 11.6 Å². The van der Waals surface area contributed by atoms with Gasteiger partial charge in [-0.2, -0.15) is 0 Å². The minimum atomic E-state index is -0.169. The molecule has 1 aromatic carbocycles. The zero-order chi connectivity index (χ0) is 11.3. The van der Waals surface area contributed by atoms with E-state index < -0.39 is 0 Å². The number of hydrogen-bond donors (Lipinski definition) is 2. The summed E-state index contributed by atoms with van der Waals surface area (Å²) in [6.07, 6.45) is 0. The SMILES string of the molecule is CC(CO)CNC(=O)c1cccc(Cl)c1. The van der Waals surface area contributed by atoms with Crippen molar-refractivity contribution in [2.24, 2.45) is 5.92 Å². The molecule has 1 atom stereocenters. The van der Waals surface area contributed by atoms with E-state index in [1.165, 1.54) is 0 Å². The van der Waals surface area contributed by atoms with E-state index in [1.807, 2.05) is 6.92 Å². The molecule has 0 fully saturated rings. The molecule has 2 N–H and O–H groups in total. The number of rotatable bonds is 4. The third kappa shape index (κ3) is 3.90. The van der Waals surface area contributed by atoms with Crippen molar-refractivity contribution in [2.75, 3.05) is 13.2 Å². The predicted octanol–water partition coefficient (Wildman–Crippen LogP) is 1.70. The van der Waals surface area contributed by atoms with Gasteiger partial charge < -0.3 is 10.4 Å². The smallest absolute Gasteiger partial charge is 0.251 e. The monoisotopic (exact) mass is 227 g/mol. The first-order valence-corrected chi connectivity index (χ1v) is 5.16. The number of hydrogen-bond acceptors (Lipinski definition) is 2. The van der Waals surface area contributed by atoms with Crippen LogP contribution in [0.5, 0.6) is 0 Å². The molecule has 1 rings (SSSR count). The number of amides is 1. The standard InChI is InChI=1S/C11H14ClNO2/c1-8(7-14)6-13-11(15)9-3-2-4-10(12)5-9/h2-5,8,14H,6-7H2,1H3,(H,13,15). The van der Waals surface area contributed by atoms with Crippen molar-refractivity contribution >= 4 is 17.5 Å². The number of halogens is 1. The Bertz CT molecular complexity index is 341. The van der Waals surface area contributed by atoms with Crippen LogP contribution in [0.3, 0.4) is 0 Å². The minimum absolute atomic E-state index is 0.0631. The van der Waals surface area contributed by atoms with E-state index in [2.05, 4.69) is 5.32 Å². The van der Waals surface area contributed by atoms with Crippen LogP contribution in [-0.2, 0) is 0 Å². The van der Waals surface area contributed by atoms with Crippen LogP contribution in [0.4, 0.5) is 0 Å². The van der Waals surface area contributed by atoms with E-state index >= 15 is 0 Å². The van der Waals surface area contributed by atoms with E-state index in [-0.39, 0.29) is 18.4 Å². The van der Waals surface area contributed by atoms with Crippen molar-refractivity contribution in [3.05, 3.63) is 34.9 Å². The lowest BCUT2D eigenvalue weighted by Crippen LogP contribution is -2.29. The summed E-state index contributed by atoms with van der Waals surface area (Å²) < 4.78 is 0. The predicted molar refractivity (Wildman–Crippen MR) is 60.0 cm³/mol. The molecule has 0 bridgehead atoms. The number of aliphatic hydroxyl groups is 1. The Labute approximate surface area is 94.1 Å². The first kappa shape index (κ1) is 12.0. The second-order valence-electron chi connectivity index (χ2n) is 3.51. The Morgan fingerprint density at radius 2 is 2.33 bits per heavy atom. The van der Waals surface area contributed by atoms with Crippen molar-refractivity contribution in [1.29, 1.82) is 0 Å². The Morgan fingerprint density at radius 1 is 1.60 bits per heavy atom. The first-order chi connectivity index (χ1) is 7.13. The molecule has 1 aromatic rings. The Morgan fingerprint density at radius 3 is 2.93 bits per heavy atom. The molecule has 0 heterocycles. The number of carbonyl (C=O) groups excluding carboxylic acids is 1. The Balaban J connectivity index is 2.54. The lowest BCUT2D eigenvalue weighted by atomic mass is 10.2. The van der Waals surface area contributed by atoms with Crippen LogP contribution < -0.4 is 5.32 Å². The molecule has 0 radical (unpaired) electrons. The van der Waals surface area contributed by atoms with Crippen LogP contribution in [0.15, 0.2) is 24.3 Å². The van der Waals surface area contributed by atoms with Gasteiger partial charge in [0.1, 0.15) is 0 Å². The summed E-state index contributed by atoms with van der Waals surface area (Å²) >= 11 is 5.76. The van der Waals surface area contributed by atoms with Gasteiger partial charge in [0.2, 0.25) is 0 Å². The van der Waals surface area contributed by atoms with Crippen molar-refractivity contribution in [2.45, 2.75) is 6.92 Å². The number of carbonyl (C=O) groups is 1. The van der Waals surface area contributed by atoms with Crippen LogP contribution in [-0.4, -0.2) is 24.2 Å². The molecule has 4 heteroatoms. The summed E-state index contributed by atoms with van der Waals surface area (Å²) in [5.41, 5.74) is 0.535. The van der Waals surface area contributed by atoms with Crippen LogP contribution in [0, 0.1) is 5.92 Å². The second-order valence-corrected chi connectivity index (χ2v) is 3.94. The fourth-order valence-electron chi connectivity index (χ4n) is 1.06. The third-order valence-electron chi connectivity index (χ3n) is 2.01. The average molecular weight is 228 g/mol. The van der Waals surface area contributed by atoms with Gasteiger partial charge in [-0.3, -0.25) is 4.79 Å². The van der Waals surface area contributed by atoms with Gasteiger partial charge >= 0.3 is 0 Å². The largest absolute Gasteiger partial charge is 0.396 e. The molecule has 0 aliphatic carbocycles. The van der Waals surface area contributed by atoms with Gasteiger partial charge in [-0.05, 0) is 24.1 Å². The summed E-state index contributed by atoms with van der Waals surface area (Å²) in [5, 5.41) is 12.0. The van der Waals surface area contributed by atoms with Gasteiger partial charge in [-0.15, -0.1) is 0 Å². The zero-order valence-corrected chi connectivity index (χ0v) is 9.29. The maximum Gasteiger partial charge on any atom is 0.251 e. The van der Waals surface area contributed by atoms with Gasteiger partial charge in [0.05, 0.1) is 0 Å². The van der Waals surface area contributed by atoms with Crippen molar-refractivity contribution < 1.29 is 9.90 Å². The highest BCUT2D eigenvalue weighted by Crippen LogP contribution is 2.10. The van der Waals surface area contributed by atoms with E-state index in [9.17, 15) is 4.79 Å². The molecule has 0 saturated heterocycles. The average Bonchev–Trinajstić information content (AvgIpc) is 2.25. The van der Waals surface area contributed by atoms with Crippen LogP contribution in [0.2, 0.25) is 5.02 Å². The van der Waals surface area contributed by atoms with Gasteiger partial charge in [0, 0.05) is 23.7 Å². The van der Waals surface area contributed by atoms with Crippen molar-refractivity contribution in [3.63, 3.8) is 0 Å². The molecule has 3 nitrogen and oxygen atoms in total. The maximum atomic E-state index is 11.6. The summed E-state index contributed by atoms with van der Waals surface area (Å²) in [6.45, 7) is 2.38. The zero-order valence-electron chi connectivity index (χ0n) is 8.53. The fourth-order valence-corrected chi connectivity index (χ4v) is 1.25. The maximum absolute atomic E-state index is 11.6. The molecule has 0 spiro atoms. The van der Waals surface area contributed by atoms with Crippen LogP contribution in [0.1, 0.15) is 17.3 Å². The lowest BCUT2D eigenvalue weighted by molar-refractivity contribution is 0.0942. The molecular weight excluding hydrogens is 214 g/mol. The Kier molecular flexibility index (Phi) is 4.59. The number of benzene rings is 1. The summed E-state index contributed by atoms with van der Waals surface area (Å²) in [7, 11) is 0. The van der Waals surface area contributed by atoms with E-state index in [4.69, 9.17) is 16.7 Å². The normalized spacial score (nSPS) is 12.2. The molecule has 0 aliphatic heterocycles. The number of aliphatic hydroxyl groups excluding tert-OH is 1. The van der Waals surface area contributed by atoms with Crippen molar-refractivity contribution in [3.8, 4) is 0 Å². The lowest BCUT2D eigenvalue weighted by Gasteiger charge is -2.09. The highest BCUT2D eigenvalue weighted by molar-refractivity contribution is 6.30. The summed E-state index contributed by atoms with van der Waals surface area (Å²) in [5.74, 6) is -0.106. The minimum Gasteiger partial charge on any atom is -0.396 e. The highest BCUT2D eigenvalue weighted by Gasteiger charge is 2.07. The Hall–Kier alpha value is -1.06. The van der Waals surface area contributed by atoms with Gasteiger partial charge in [0.15, 0.2) is 0 Å². The molecule has 0 saturated carbocycles. The van der Waals surface area contributed by atoms with Crippen molar-refractivity contribution in [1.82, 2.24) is 5.32 Å². The summed E-state index contributed by atoms with van der Waals surface area (Å²) in [6, 6.07) is 6.76. The van der Waals surface area contributed by atoms with E-state index in [1.54, 1.807) is 24.3 Å². The quantitative estimate of drug-likeness (QED) is 0.823. The molecule has 15 heavy (non-hydrogen) atoms. The van der Waals surface area contributed by atoms with Gasteiger partial charge in [0.25, 0.3) is 5.91 Å². The molecule has 1 unspecified atom stereocenters. The van der Waals surface area contributed by atoms with Crippen LogP contribution in [0.25, 0.3) is 0 Å². The molecule has 0 aliphatic rings. The first-order valence-electron chi connectivity index (χ1n) is 4.78. The highest BCUT2D eigenvalue weighted by atomic mass is 35.5. The fraction of sp³-hybridized carbons (Fsp3) is 0.364. The van der Waals surface area contributed by atoms with E-state index in [0.717, 1.165) is 0 Å². The molecule has 0 aromatic heterocycles. The summed E-state index contributed by atoms with van der Waals surface area (Å²) in [4.78, 5) is 11.6. The molecular formula is C11H14ClNO2. The van der Waals surface area contributed by atoms with Gasteiger partial charge in [-0.1, -0.05) is 24.6 Å². The second kappa shape index (κ2) is 5.73. The number of nitrogens with one attached hydrogen (secondary N) is 1. The van der Waals surface area contributed by atoms with E-state index in [0.29, 0.717) is 17.1 Å². The molecule has 82 valence electrons. The van der Waals surface area contributed by atoms with Gasteiger partial charge in [-0.25, -0.2) is 0 Å². The topological polar surface area (TPSA) is 49.3 Å². The molecule has 1 amide bonds.